The zero-order valence-electron chi connectivity index (χ0n) is 11.8. The van der Waals surface area contributed by atoms with E-state index >= 15 is 0 Å². The first-order chi connectivity index (χ1) is 7.68. The van der Waals surface area contributed by atoms with Gasteiger partial charge in [0.2, 0.25) is 5.91 Å². The second kappa shape index (κ2) is 6.97. The van der Waals surface area contributed by atoms with E-state index in [-0.39, 0.29) is 24.0 Å². The number of aliphatic hydroxyl groups is 1. The summed E-state index contributed by atoms with van der Waals surface area (Å²) in [6.45, 7) is 10.3. The van der Waals surface area contributed by atoms with E-state index in [0.717, 1.165) is 0 Å². The molecule has 0 aliphatic rings. The maximum atomic E-state index is 11.9. The van der Waals surface area contributed by atoms with Crippen LogP contribution in [-0.2, 0) is 4.79 Å². The zero-order valence-corrected chi connectivity index (χ0v) is 11.8. The highest BCUT2D eigenvalue weighted by Gasteiger charge is 2.27. The molecule has 4 nitrogen and oxygen atoms in total. The molecule has 0 aromatic heterocycles. The molecule has 4 heteroatoms. The number of amides is 1. The minimum absolute atomic E-state index is 0.0433. The van der Waals surface area contributed by atoms with E-state index < -0.39 is 6.04 Å². The van der Waals surface area contributed by atoms with E-state index in [2.05, 4.69) is 5.32 Å². The molecule has 4 N–H and O–H groups in total. The van der Waals surface area contributed by atoms with Crippen LogP contribution >= 0.6 is 0 Å². The predicted octanol–water partition coefficient (Wildman–Crippen LogP) is 1.27. The van der Waals surface area contributed by atoms with Gasteiger partial charge in [-0.2, -0.15) is 0 Å². The highest BCUT2D eigenvalue weighted by Crippen LogP contribution is 2.21. The third kappa shape index (κ3) is 6.64. The van der Waals surface area contributed by atoms with Crippen LogP contribution in [0.3, 0.4) is 0 Å². The molecule has 0 spiro atoms. The van der Waals surface area contributed by atoms with Crippen molar-refractivity contribution in [3.8, 4) is 0 Å². The Morgan fingerprint density at radius 1 is 1.35 bits per heavy atom. The lowest BCUT2D eigenvalue weighted by molar-refractivity contribution is -0.124. The van der Waals surface area contributed by atoms with Gasteiger partial charge < -0.3 is 16.2 Å². The van der Waals surface area contributed by atoms with E-state index in [1.54, 1.807) is 0 Å². The zero-order chi connectivity index (χ0) is 13.6. The highest BCUT2D eigenvalue weighted by atomic mass is 16.3. The molecule has 1 unspecified atom stereocenters. The first-order valence-electron chi connectivity index (χ1n) is 6.35. The average molecular weight is 244 g/mol. The van der Waals surface area contributed by atoms with Gasteiger partial charge in [0.25, 0.3) is 0 Å². The molecule has 0 saturated heterocycles. The molecule has 0 aromatic carbocycles. The molecule has 0 saturated carbocycles. The van der Waals surface area contributed by atoms with Gasteiger partial charge in [-0.25, -0.2) is 0 Å². The van der Waals surface area contributed by atoms with Crippen LogP contribution < -0.4 is 11.1 Å². The van der Waals surface area contributed by atoms with E-state index in [1.807, 2.05) is 34.6 Å². The Morgan fingerprint density at radius 2 is 1.88 bits per heavy atom. The second-order valence-electron chi connectivity index (χ2n) is 6.18. The van der Waals surface area contributed by atoms with Crippen molar-refractivity contribution in [2.24, 2.45) is 17.1 Å². The Labute approximate surface area is 105 Å². The molecule has 1 amide bonds. The summed E-state index contributed by atoms with van der Waals surface area (Å²) in [5, 5.41) is 12.0. The molecule has 17 heavy (non-hydrogen) atoms. The normalized spacial score (nSPS) is 15.8. The Balaban J connectivity index is 4.40. The van der Waals surface area contributed by atoms with Crippen LogP contribution in [-0.4, -0.2) is 29.7 Å². The van der Waals surface area contributed by atoms with E-state index in [0.29, 0.717) is 18.8 Å². The lowest BCUT2D eigenvalue weighted by atomic mass is 9.84. The Kier molecular flexibility index (Phi) is 6.72. The SMILES string of the molecule is CC(C)C[C@@H](N)C(=O)NC(CCO)C(C)(C)C. The Morgan fingerprint density at radius 3 is 2.24 bits per heavy atom. The fourth-order valence-corrected chi connectivity index (χ4v) is 1.74. The third-order valence-corrected chi connectivity index (χ3v) is 2.84. The molecule has 0 aromatic rings. The van der Waals surface area contributed by atoms with Crippen molar-refractivity contribution in [3.05, 3.63) is 0 Å². The number of hydrogen-bond acceptors (Lipinski definition) is 3. The summed E-state index contributed by atoms with van der Waals surface area (Å²) in [5.74, 6) is 0.286. The van der Waals surface area contributed by atoms with Crippen molar-refractivity contribution in [3.63, 3.8) is 0 Å². The molecule has 0 bridgehead atoms. The van der Waals surface area contributed by atoms with Crippen LogP contribution in [0, 0.1) is 11.3 Å². The summed E-state index contributed by atoms with van der Waals surface area (Å²) in [4.78, 5) is 11.9. The molecule has 0 aliphatic carbocycles. The van der Waals surface area contributed by atoms with Gasteiger partial charge in [-0.15, -0.1) is 0 Å². The number of nitrogens with two attached hydrogens (primary N) is 1. The third-order valence-electron chi connectivity index (χ3n) is 2.84. The number of aliphatic hydroxyl groups excluding tert-OH is 1. The number of carbonyl (C=O) groups is 1. The summed E-state index contributed by atoms with van der Waals surface area (Å²) >= 11 is 0. The summed E-state index contributed by atoms with van der Waals surface area (Å²) in [7, 11) is 0. The van der Waals surface area contributed by atoms with Gasteiger partial charge >= 0.3 is 0 Å². The fraction of sp³-hybridized carbons (Fsp3) is 0.923. The molecule has 0 fully saturated rings. The average Bonchev–Trinajstić information content (AvgIpc) is 2.14. The predicted molar refractivity (Wildman–Crippen MR) is 70.5 cm³/mol. The molecule has 0 radical (unpaired) electrons. The van der Waals surface area contributed by atoms with Crippen LogP contribution in [0.15, 0.2) is 0 Å². The molecule has 0 rings (SSSR count). The van der Waals surface area contributed by atoms with Crippen molar-refractivity contribution in [2.75, 3.05) is 6.61 Å². The molecule has 0 heterocycles. The topological polar surface area (TPSA) is 75.4 Å². The van der Waals surface area contributed by atoms with Gasteiger partial charge in [0.15, 0.2) is 0 Å². The minimum atomic E-state index is -0.460. The quantitative estimate of drug-likeness (QED) is 0.658. The van der Waals surface area contributed by atoms with Crippen molar-refractivity contribution in [1.82, 2.24) is 5.32 Å². The van der Waals surface area contributed by atoms with E-state index in [1.165, 1.54) is 0 Å². The first kappa shape index (κ1) is 16.4. The lowest BCUT2D eigenvalue weighted by Gasteiger charge is -2.32. The number of hydrogen-bond donors (Lipinski definition) is 3. The number of carbonyl (C=O) groups excluding carboxylic acids is 1. The Hall–Kier alpha value is -0.610. The maximum Gasteiger partial charge on any atom is 0.237 e. The van der Waals surface area contributed by atoms with Gasteiger partial charge in [-0.1, -0.05) is 34.6 Å². The number of rotatable bonds is 6. The Bertz CT molecular complexity index is 234. The molecular weight excluding hydrogens is 216 g/mol. The van der Waals surface area contributed by atoms with Crippen LogP contribution in [0.2, 0.25) is 0 Å². The fourth-order valence-electron chi connectivity index (χ4n) is 1.74. The van der Waals surface area contributed by atoms with E-state index in [9.17, 15) is 4.79 Å². The summed E-state index contributed by atoms with van der Waals surface area (Å²) in [6, 6.07) is -0.503. The van der Waals surface area contributed by atoms with Gasteiger partial charge in [-0.3, -0.25) is 4.79 Å². The smallest absolute Gasteiger partial charge is 0.237 e. The molecule has 2 atom stereocenters. The van der Waals surface area contributed by atoms with Gasteiger partial charge in [-0.05, 0) is 24.2 Å². The molecular formula is C13H28N2O2. The number of nitrogens with one attached hydrogen (secondary N) is 1. The monoisotopic (exact) mass is 244 g/mol. The van der Waals surface area contributed by atoms with Crippen molar-refractivity contribution in [1.29, 1.82) is 0 Å². The van der Waals surface area contributed by atoms with Gasteiger partial charge in [0, 0.05) is 12.6 Å². The summed E-state index contributed by atoms with van der Waals surface area (Å²) in [5.41, 5.74) is 5.76. The highest BCUT2D eigenvalue weighted by molar-refractivity contribution is 5.81. The van der Waals surface area contributed by atoms with Crippen LogP contribution in [0.1, 0.15) is 47.5 Å². The molecule has 0 aliphatic heterocycles. The minimum Gasteiger partial charge on any atom is -0.396 e. The van der Waals surface area contributed by atoms with Crippen LogP contribution in [0.4, 0.5) is 0 Å². The maximum absolute atomic E-state index is 11.9. The van der Waals surface area contributed by atoms with Crippen LogP contribution in [0.5, 0.6) is 0 Å². The van der Waals surface area contributed by atoms with E-state index in [4.69, 9.17) is 10.8 Å². The van der Waals surface area contributed by atoms with Gasteiger partial charge in [0.1, 0.15) is 0 Å². The van der Waals surface area contributed by atoms with Crippen molar-refractivity contribution >= 4 is 5.91 Å². The van der Waals surface area contributed by atoms with Crippen LogP contribution in [0.25, 0.3) is 0 Å². The lowest BCUT2D eigenvalue weighted by Crippen LogP contribution is -2.50. The van der Waals surface area contributed by atoms with Crippen molar-refractivity contribution in [2.45, 2.75) is 59.5 Å². The largest absolute Gasteiger partial charge is 0.396 e. The second-order valence-corrected chi connectivity index (χ2v) is 6.18. The summed E-state index contributed by atoms with van der Waals surface area (Å²) < 4.78 is 0. The van der Waals surface area contributed by atoms with Gasteiger partial charge in [0.05, 0.1) is 6.04 Å². The standard InChI is InChI=1S/C13H28N2O2/c1-9(2)8-10(14)12(17)15-11(6-7-16)13(3,4)5/h9-11,16H,6-8,14H2,1-5H3,(H,15,17)/t10-,11?/m1/s1. The van der Waals surface area contributed by atoms with Crippen molar-refractivity contribution < 1.29 is 9.90 Å². The summed E-state index contributed by atoms with van der Waals surface area (Å²) in [6.07, 6.45) is 1.24. The molecule has 102 valence electrons. The first-order valence-corrected chi connectivity index (χ1v) is 6.35.